The molecule has 0 bridgehead atoms. The van der Waals surface area contributed by atoms with E-state index >= 15 is 0 Å². The molecule has 1 aromatic carbocycles. The maximum Gasteiger partial charge on any atom is 0.137 e. The van der Waals surface area contributed by atoms with E-state index < -0.39 is 0 Å². The second-order valence-corrected chi connectivity index (χ2v) is 5.03. The van der Waals surface area contributed by atoms with Crippen LogP contribution in [0.1, 0.15) is 24.5 Å². The first-order valence-corrected chi connectivity index (χ1v) is 6.93. The summed E-state index contributed by atoms with van der Waals surface area (Å²) in [4.78, 5) is 11.5. The molecule has 98 valence electrons. The van der Waals surface area contributed by atoms with E-state index in [1.54, 1.807) is 17.8 Å². The Hall–Kier alpha value is -1.93. The van der Waals surface area contributed by atoms with Crippen LogP contribution in [0.15, 0.2) is 23.9 Å². The van der Waals surface area contributed by atoms with E-state index in [0.29, 0.717) is 24.3 Å². The maximum absolute atomic E-state index is 10.3. The fourth-order valence-corrected chi connectivity index (χ4v) is 2.81. The van der Waals surface area contributed by atoms with Crippen molar-refractivity contribution >= 4 is 23.0 Å². The van der Waals surface area contributed by atoms with Gasteiger partial charge in [0.15, 0.2) is 0 Å². The number of nitrogens with one attached hydrogen (secondary N) is 1. The van der Waals surface area contributed by atoms with Crippen molar-refractivity contribution in [2.75, 3.05) is 12.5 Å². The first-order valence-electron chi connectivity index (χ1n) is 5.94. The minimum atomic E-state index is 0.297. The summed E-state index contributed by atoms with van der Waals surface area (Å²) in [5.41, 5.74) is 2.66. The SMILES string of the molecule is CC1=C(c2ccc(C#N)c(OCCC=O)c2)SCN1. The van der Waals surface area contributed by atoms with Gasteiger partial charge in [0.05, 0.1) is 18.0 Å². The Labute approximate surface area is 116 Å². The number of nitriles is 1. The molecule has 1 N–H and O–H groups in total. The summed E-state index contributed by atoms with van der Waals surface area (Å²) in [6, 6.07) is 7.64. The van der Waals surface area contributed by atoms with Gasteiger partial charge in [0.2, 0.25) is 0 Å². The van der Waals surface area contributed by atoms with Crippen LogP contribution in [0.5, 0.6) is 5.75 Å². The van der Waals surface area contributed by atoms with Gasteiger partial charge in [-0.1, -0.05) is 6.07 Å². The van der Waals surface area contributed by atoms with Crippen LogP contribution in [0.3, 0.4) is 0 Å². The van der Waals surface area contributed by atoms with E-state index in [1.165, 1.54) is 4.91 Å². The second-order valence-electron chi connectivity index (χ2n) is 4.05. The van der Waals surface area contributed by atoms with Crippen LogP contribution in [0.2, 0.25) is 0 Å². The minimum Gasteiger partial charge on any atom is -0.492 e. The molecule has 1 aliphatic heterocycles. The highest BCUT2D eigenvalue weighted by molar-refractivity contribution is 8.08. The monoisotopic (exact) mass is 274 g/mol. The first-order chi connectivity index (χ1) is 9.26. The van der Waals surface area contributed by atoms with Crippen LogP contribution in [0.4, 0.5) is 0 Å². The van der Waals surface area contributed by atoms with Crippen LogP contribution in [0.25, 0.3) is 4.91 Å². The summed E-state index contributed by atoms with van der Waals surface area (Å²) < 4.78 is 5.50. The molecule has 0 fully saturated rings. The fourth-order valence-electron chi connectivity index (χ4n) is 1.80. The highest BCUT2D eigenvalue weighted by atomic mass is 32.2. The van der Waals surface area contributed by atoms with Gasteiger partial charge in [0.1, 0.15) is 18.1 Å². The molecule has 0 aliphatic carbocycles. The molecule has 1 aliphatic rings. The molecule has 0 aromatic heterocycles. The third kappa shape index (κ3) is 3.09. The van der Waals surface area contributed by atoms with Crippen molar-refractivity contribution in [1.82, 2.24) is 5.32 Å². The van der Waals surface area contributed by atoms with Crippen LogP contribution in [-0.4, -0.2) is 18.8 Å². The number of ether oxygens (including phenoxy) is 1. The number of carbonyl (C=O) groups is 1. The smallest absolute Gasteiger partial charge is 0.137 e. The first kappa shape index (κ1) is 13.5. The Morgan fingerprint density at radius 3 is 3.05 bits per heavy atom. The van der Waals surface area contributed by atoms with Crippen molar-refractivity contribution in [1.29, 1.82) is 5.26 Å². The average molecular weight is 274 g/mol. The van der Waals surface area contributed by atoms with Crippen molar-refractivity contribution in [3.63, 3.8) is 0 Å². The van der Waals surface area contributed by atoms with E-state index in [0.717, 1.165) is 23.4 Å². The summed E-state index contributed by atoms with van der Waals surface area (Å²) in [5, 5.41) is 12.3. The van der Waals surface area contributed by atoms with Gasteiger partial charge in [0.25, 0.3) is 0 Å². The van der Waals surface area contributed by atoms with E-state index in [2.05, 4.69) is 11.4 Å². The standard InChI is InChI=1S/C14H14N2O2S/c1-10-14(19-9-16-10)11-3-4-12(8-15)13(7-11)18-6-2-5-17/h3-5,7,16H,2,6,9H2,1H3. The van der Waals surface area contributed by atoms with Gasteiger partial charge in [-0.05, 0) is 24.6 Å². The Kier molecular flexibility index (Phi) is 4.48. The number of nitrogens with zero attached hydrogens (tertiary/aromatic N) is 1. The van der Waals surface area contributed by atoms with E-state index in [4.69, 9.17) is 10.00 Å². The largest absolute Gasteiger partial charge is 0.492 e. The number of allylic oxidation sites excluding steroid dienone is 1. The van der Waals surface area contributed by atoms with Gasteiger partial charge in [-0.3, -0.25) is 0 Å². The lowest BCUT2D eigenvalue weighted by molar-refractivity contribution is -0.108. The van der Waals surface area contributed by atoms with Crippen molar-refractivity contribution in [3.05, 3.63) is 35.0 Å². The van der Waals surface area contributed by atoms with Gasteiger partial charge in [-0.15, -0.1) is 11.8 Å². The predicted octanol–water partition coefficient (Wildman–Crippen LogP) is 2.51. The molecule has 0 radical (unpaired) electrons. The number of hydrogen-bond donors (Lipinski definition) is 1. The highest BCUT2D eigenvalue weighted by Crippen LogP contribution is 2.36. The number of aldehydes is 1. The van der Waals surface area contributed by atoms with Gasteiger partial charge >= 0.3 is 0 Å². The predicted molar refractivity (Wildman–Crippen MR) is 75.5 cm³/mol. The summed E-state index contributed by atoms with van der Waals surface area (Å²) >= 11 is 1.73. The van der Waals surface area contributed by atoms with Crippen LogP contribution < -0.4 is 10.1 Å². The highest BCUT2D eigenvalue weighted by Gasteiger charge is 2.15. The number of rotatable bonds is 5. The number of thioether (sulfide) groups is 1. The Morgan fingerprint density at radius 2 is 2.42 bits per heavy atom. The maximum atomic E-state index is 10.3. The van der Waals surface area contributed by atoms with Crippen molar-refractivity contribution < 1.29 is 9.53 Å². The quantitative estimate of drug-likeness (QED) is 0.660. The van der Waals surface area contributed by atoms with Gasteiger partial charge in [0, 0.05) is 17.0 Å². The van der Waals surface area contributed by atoms with Crippen molar-refractivity contribution in [3.8, 4) is 11.8 Å². The zero-order chi connectivity index (χ0) is 13.7. The Bertz CT molecular complexity index is 561. The number of carbonyl (C=O) groups excluding carboxylic acids is 1. The average Bonchev–Trinajstić information content (AvgIpc) is 2.85. The lowest BCUT2D eigenvalue weighted by Gasteiger charge is -2.09. The Balaban J connectivity index is 2.28. The molecule has 0 saturated heterocycles. The molecule has 0 amide bonds. The van der Waals surface area contributed by atoms with Crippen molar-refractivity contribution in [2.24, 2.45) is 0 Å². The van der Waals surface area contributed by atoms with Gasteiger partial charge < -0.3 is 14.8 Å². The topological polar surface area (TPSA) is 62.1 Å². The zero-order valence-corrected chi connectivity index (χ0v) is 11.4. The van der Waals surface area contributed by atoms with Crippen molar-refractivity contribution in [2.45, 2.75) is 13.3 Å². The normalized spacial score (nSPS) is 13.9. The minimum absolute atomic E-state index is 0.297. The molecule has 2 rings (SSSR count). The molecule has 0 unspecified atom stereocenters. The molecule has 0 saturated carbocycles. The molecule has 5 heteroatoms. The summed E-state index contributed by atoms with van der Waals surface area (Å²) in [6.45, 7) is 2.32. The van der Waals surface area contributed by atoms with Crippen LogP contribution >= 0.6 is 11.8 Å². The lowest BCUT2D eigenvalue weighted by atomic mass is 10.1. The molecule has 4 nitrogen and oxygen atoms in total. The van der Waals surface area contributed by atoms with E-state index in [-0.39, 0.29) is 0 Å². The molecular weight excluding hydrogens is 260 g/mol. The Morgan fingerprint density at radius 1 is 1.58 bits per heavy atom. The molecule has 19 heavy (non-hydrogen) atoms. The third-order valence-electron chi connectivity index (χ3n) is 2.75. The summed E-state index contributed by atoms with van der Waals surface area (Å²) in [5.74, 6) is 1.40. The fraction of sp³-hybridized carbons (Fsp3) is 0.286. The summed E-state index contributed by atoms with van der Waals surface area (Å²) in [7, 11) is 0. The molecule has 0 atom stereocenters. The lowest BCUT2D eigenvalue weighted by Crippen LogP contribution is -2.02. The van der Waals surface area contributed by atoms with Crippen LogP contribution in [-0.2, 0) is 4.79 Å². The molecule has 1 aromatic rings. The van der Waals surface area contributed by atoms with E-state index in [1.807, 2.05) is 19.1 Å². The zero-order valence-electron chi connectivity index (χ0n) is 10.6. The third-order valence-corrected chi connectivity index (χ3v) is 3.87. The van der Waals surface area contributed by atoms with Crippen LogP contribution in [0, 0.1) is 11.3 Å². The molecular formula is C14H14N2O2S. The number of benzene rings is 1. The van der Waals surface area contributed by atoms with Gasteiger partial charge in [-0.25, -0.2) is 0 Å². The summed E-state index contributed by atoms with van der Waals surface area (Å²) in [6.07, 6.45) is 1.13. The second kappa shape index (κ2) is 6.30. The number of hydrogen-bond acceptors (Lipinski definition) is 5. The molecule has 0 spiro atoms. The molecule has 1 heterocycles. The van der Waals surface area contributed by atoms with Gasteiger partial charge in [-0.2, -0.15) is 5.26 Å². The van der Waals surface area contributed by atoms with E-state index in [9.17, 15) is 4.79 Å².